The van der Waals surface area contributed by atoms with Crippen LogP contribution < -0.4 is 0 Å². The summed E-state index contributed by atoms with van der Waals surface area (Å²) in [6.45, 7) is 0. The van der Waals surface area contributed by atoms with E-state index in [9.17, 15) is 0 Å². The molecule has 0 aliphatic heterocycles. The average molecular weight is 219 g/mol. The van der Waals surface area contributed by atoms with Crippen LogP contribution in [0, 0.1) is 0 Å². The van der Waals surface area contributed by atoms with Crippen molar-refractivity contribution in [3.8, 4) is 0 Å². The van der Waals surface area contributed by atoms with Crippen LogP contribution in [0.1, 0.15) is 0 Å². The fourth-order valence-electron chi connectivity index (χ4n) is 0.937. The first-order chi connectivity index (χ1) is 4.77. The minimum Gasteiger partial charge on any atom is -0.347 e. The van der Waals surface area contributed by atoms with Gasteiger partial charge in [0, 0.05) is 16.1 Å². The molecule has 2 nitrogen and oxygen atoms in total. The monoisotopic (exact) mass is 218 g/mol. The van der Waals surface area contributed by atoms with Gasteiger partial charge in [0.15, 0.2) is 0 Å². The summed E-state index contributed by atoms with van der Waals surface area (Å²) in [6, 6.07) is 1.87. The molecule has 0 atom stereocenters. The second kappa shape index (κ2) is 2.04. The number of hydrogen-bond acceptors (Lipinski definition) is 0. The van der Waals surface area contributed by atoms with E-state index in [4.69, 9.17) is 11.6 Å². The number of fused-ring (bicyclic) bond motifs is 1. The van der Waals surface area contributed by atoms with Gasteiger partial charge in [0.25, 0.3) is 0 Å². The molecule has 2 aromatic rings. The lowest BCUT2D eigenvalue weighted by atomic mass is 10.4. The second-order valence-corrected chi connectivity index (χ2v) is 3.30. The molecule has 0 saturated heterocycles. The van der Waals surface area contributed by atoms with E-state index in [1.807, 2.05) is 12.3 Å². The predicted molar refractivity (Wildman–Crippen MR) is 45.4 cm³/mol. The van der Waals surface area contributed by atoms with Gasteiger partial charge in [0.2, 0.25) is 0 Å². The largest absolute Gasteiger partial charge is 0.347 e. The van der Waals surface area contributed by atoms with E-state index in [0.29, 0.717) is 5.15 Å². The third-order valence-electron chi connectivity index (χ3n) is 1.39. The summed E-state index contributed by atoms with van der Waals surface area (Å²) in [7, 11) is 0. The van der Waals surface area contributed by atoms with E-state index in [1.54, 1.807) is 0 Å². The Morgan fingerprint density at radius 1 is 1.50 bits per heavy atom. The van der Waals surface area contributed by atoms with Crippen molar-refractivity contribution in [1.82, 2.24) is 9.97 Å². The quantitative estimate of drug-likeness (QED) is 0.683. The number of rotatable bonds is 0. The van der Waals surface area contributed by atoms with Crippen LogP contribution in [0.25, 0.3) is 11.0 Å². The fourth-order valence-corrected chi connectivity index (χ4v) is 1.57. The van der Waals surface area contributed by atoms with Crippen LogP contribution in [-0.2, 0) is 0 Å². The highest BCUT2D eigenvalue weighted by Gasteiger charge is 2.02. The van der Waals surface area contributed by atoms with E-state index in [-0.39, 0.29) is 0 Å². The lowest BCUT2D eigenvalue weighted by Crippen LogP contribution is -1.61. The zero-order chi connectivity index (χ0) is 7.14. The summed E-state index contributed by atoms with van der Waals surface area (Å²) in [5.74, 6) is 0. The van der Waals surface area contributed by atoms with Crippen molar-refractivity contribution in [2.45, 2.75) is 0 Å². The van der Waals surface area contributed by atoms with E-state index in [0.717, 1.165) is 15.5 Å². The number of hydrogen-bond donors (Lipinski definition) is 2. The van der Waals surface area contributed by atoms with Crippen LogP contribution in [0.3, 0.4) is 0 Å². The molecule has 52 valence electrons. The summed E-state index contributed by atoms with van der Waals surface area (Å²) in [5.41, 5.74) is 0.955. The Kier molecular flexibility index (Phi) is 1.28. The zero-order valence-corrected chi connectivity index (χ0v) is 7.25. The molecule has 0 saturated carbocycles. The molecule has 0 amide bonds. The van der Waals surface area contributed by atoms with Gasteiger partial charge >= 0.3 is 0 Å². The lowest BCUT2D eigenvalue weighted by molar-refractivity contribution is 1.35. The Hall–Kier alpha value is -0.410. The summed E-state index contributed by atoms with van der Waals surface area (Å²) in [4.78, 5) is 5.98. The van der Waals surface area contributed by atoms with Gasteiger partial charge in [-0.3, -0.25) is 0 Å². The molecule has 2 aromatic heterocycles. The van der Waals surface area contributed by atoms with Crippen molar-refractivity contribution in [1.29, 1.82) is 0 Å². The number of nitrogens with one attached hydrogen (secondary N) is 2. The standard InChI is InChI=1S/C6H4BrClN2/c7-4-2-9-6-3(4)1-5(8)10-6/h1-2,9-10H. The second-order valence-electron chi connectivity index (χ2n) is 2.04. The Balaban J connectivity index is 2.90. The molecule has 0 aliphatic carbocycles. The van der Waals surface area contributed by atoms with Gasteiger partial charge in [-0.15, -0.1) is 0 Å². The lowest BCUT2D eigenvalue weighted by Gasteiger charge is -1.74. The maximum absolute atomic E-state index is 5.70. The van der Waals surface area contributed by atoms with Crippen molar-refractivity contribution in [2.75, 3.05) is 0 Å². The van der Waals surface area contributed by atoms with Crippen molar-refractivity contribution in [3.05, 3.63) is 21.9 Å². The maximum Gasteiger partial charge on any atom is 0.117 e. The van der Waals surface area contributed by atoms with Crippen molar-refractivity contribution in [3.63, 3.8) is 0 Å². The van der Waals surface area contributed by atoms with Gasteiger partial charge in [-0.05, 0) is 22.0 Å². The van der Waals surface area contributed by atoms with Crippen LogP contribution in [0.2, 0.25) is 5.15 Å². The van der Waals surface area contributed by atoms with Crippen molar-refractivity contribution in [2.24, 2.45) is 0 Å². The third kappa shape index (κ3) is 0.777. The smallest absolute Gasteiger partial charge is 0.117 e. The van der Waals surface area contributed by atoms with E-state index >= 15 is 0 Å². The molecule has 2 N–H and O–H groups in total. The first-order valence-corrected chi connectivity index (χ1v) is 3.95. The van der Waals surface area contributed by atoms with Gasteiger partial charge < -0.3 is 9.97 Å². The van der Waals surface area contributed by atoms with Crippen LogP contribution >= 0.6 is 27.5 Å². The molecule has 0 radical (unpaired) electrons. The average Bonchev–Trinajstić information content (AvgIpc) is 2.35. The molecule has 0 aromatic carbocycles. The zero-order valence-electron chi connectivity index (χ0n) is 4.91. The fraction of sp³-hybridized carbons (Fsp3) is 0. The van der Waals surface area contributed by atoms with Gasteiger partial charge in [0.05, 0.1) is 0 Å². The molecule has 2 rings (SSSR count). The molecule has 2 heterocycles. The Bertz CT molecular complexity index is 363. The SMILES string of the molecule is Clc1cc2c(Br)c[nH]c2[nH]1. The van der Waals surface area contributed by atoms with Gasteiger partial charge in [-0.1, -0.05) is 11.6 Å². The number of aromatic nitrogens is 2. The highest BCUT2D eigenvalue weighted by atomic mass is 79.9. The van der Waals surface area contributed by atoms with Crippen LogP contribution in [0.4, 0.5) is 0 Å². The Morgan fingerprint density at radius 3 is 3.00 bits per heavy atom. The van der Waals surface area contributed by atoms with Gasteiger partial charge in [-0.2, -0.15) is 0 Å². The van der Waals surface area contributed by atoms with E-state index in [2.05, 4.69) is 25.9 Å². The van der Waals surface area contributed by atoms with E-state index in [1.165, 1.54) is 0 Å². The molecule has 4 heteroatoms. The van der Waals surface area contributed by atoms with Crippen LogP contribution in [-0.4, -0.2) is 9.97 Å². The molecule has 0 unspecified atom stereocenters. The van der Waals surface area contributed by atoms with Gasteiger partial charge in [-0.25, -0.2) is 0 Å². The Labute approximate surface area is 70.7 Å². The minimum atomic E-state index is 0.655. The van der Waals surface area contributed by atoms with Crippen molar-refractivity contribution < 1.29 is 0 Å². The van der Waals surface area contributed by atoms with Crippen molar-refractivity contribution >= 4 is 38.6 Å². The highest BCUT2D eigenvalue weighted by molar-refractivity contribution is 9.10. The first kappa shape index (κ1) is 6.31. The van der Waals surface area contributed by atoms with Crippen LogP contribution in [0.5, 0.6) is 0 Å². The summed E-state index contributed by atoms with van der Waals surface area (Å²) >= 11 is 9.07. The molecule has 0 bridgehead atoms. The summed E-state index contributed by atoms with van der Waals surface area (Å²) in [5, 5.41) is 1.74. The minimum absolute atomic E-state index is 0.655. The number of H-pyrrole nitrogens is 2. The molecular formula is C6H4BrClN2. The van der Waals surface area contributed by atoms with Crippen LogP contribution in [0.15, 0.2) is 16.7 Å². The third-order valence-corrected chi connectivity index (χ3v) is 2.25. The maximum atomic E-state index is 5.70. The summed E-state index contributed by atoms with van der Waals surface area (Å²) < 4.78 is 1.03. The Morgan fingerprint density at radius 2 is 2.30 bits per heavy atom. The summed E-state index contributed by atoms with van der Waals surface area (Å²) in [6.07, 6.45) is 1.87. The predicted octanol–water partition coefficient (Wildman–Crippen LogP) is 2.91. The molecule has 0 fully saturated rings. The normalized spacial score (nSPS) is 11.0. The number of aromatic amines is 2. The molecule has 0 aliphatic rings. The molecule has 0 spiro atoms. The van der Waals surface area contributed by atoms with E-state index < -0.39 is 0 Å². The first-order valence-electron chi connectivity index (χ1n) is 2.78. The highest BCUT2D eigenvalue weighted by Crippen LogP contribution is 2.25. The van der Waals surface area contributed by atoms with Gasteiger partial charge in [0.1, 0.15) is 10.8 Å². The molecule has 10 heavy (non-hydrogen) atoms. The number of halogens is 2. The topological polar surface area (TPSA) is 31.6 Å². The molecular weight excluding hydrogens is 215 g/mol.